The van der Waals surface area contributed by atoms with Crippen LogP contribution in [0.25, 0.3) is 0 Å². The molecule has 1 aliphatic carbocycles. The maximum atomic E-state index is 12.9. The van der Waals surface area contributed by atoms with Gasteiger partial charge in [-0.25, -0.2) is 4.79 Å². The second-order valence-corrected chi connectivity index (χ2v) is 9.97. The monoisotopic (exact) mass is 442 g/mol. The van der Waals surface area contributed by atoms with Gasteiger partial charge in [-0.05, 0) is 49.4 Å². The van der Waals surface area contributed by atoms with Gasteiger partial charge in [0.15, 0.2) is 6.04 Å². The number of ether oxygens (including phenoxy) is 2. The molecule has 32 heavy (non-hydrogen) atoms. The van der Waals surface area contributed by atoms with Crippen LogP contribution in [0.2, 0.25) is 0 Å². The van der Waals surface area contributed by atoms with Gasteiger partial charge in [0.25, 0.3) is 5.91 Å². The summed E-state index contributed by atoms with van der Waals surface area (Å²) in [6.07, 6.45) is 5.30. The van der Waals surface area contributed by atoms with Crippen molar-refractivity contribution in [3.05, 3.63) is 29.3 Å². The fourth-order valence-electron chi connectivity index (χ4n) is 5.22. The fourth-order valence-corrected chi connectivity index (χ4v) is 5.22. The van der Waals surface area contributed by atoms with E-state index in [9.17, 15) is 14.7 Å². The van der Waals surface area contributed by atoms with Crippen molar-refractivity contribution in [1.29, 1.82) is 0 Å². The summed E-state index contributed by atoms with van der Waals surface area (Å²) in [6, 6.07) is 5.48. The van der Waals surface area contributed by atoms with Crippen molar-refractivity contribution >= 4 is 17.7 Å². The molecule has 3 N–H and O–H groups in total. The van der Waals surface area contributed by atoms with E-state index in [1.807, 2.05) is 18.2 Å². The number of benzene rings is 1. The molecule has 0 bridgehead atoms. The zero-order chi connectivity index (χ0) is 22.3. The minimum atomic E-state index is -0.485. The molecule has 4 aliphatic rings. The van der Waals surface area contributed by atoms with Gasteiger partial charge in [0.1, 0.15) is 11.9 Å². The number of aliphatic hydroxyl groups is 1. The Balaban J connectivity index is 1.26. The topological polar surface area (TPSA) is 102 Å². The molecule has 2 amide bonds. The number of nitrogens with zero attached hydrogens (tertiary/aromatic N) is 1. The summed E-state index contributed by atoms with van der Waals surface area (Å²) in [7, 11) is 0. The van der Waals surface area contributed by atoms with Crippen molar-refractivity contribution in [3.8, 4) is 5.75 Å². The average Bonchev–Trinajstić information content (AvgIpc) is 3.07. The molecule has 1 aromatic rings. The van der Waals surface area contributed by atoms with E-state index in [-0.39, 0.29) is 29.2 Å². The molecule has 3 heterocycles. The third-order valence-electron chi connectivity index (χ3n) is 7.19. The zero-order valence-electron chi connectivity index (χ0n) is 18.6. The van der Waals surface area contributed by atoms with Gasteiger partial charge < -0.3 is 24.8 Å². The fraction of sp³-hybridized carbons (Fsp3) is 0.625. The number of amides is 2. The van der Waals surface area contributed by atoms with Crippen LogP contribution in [-0.4, -0.2) is 65.7 Å². The van der Waals surface area contributed by atoms with Crippen LogP contribution in [-0.2, 0) is 16.1 Å². The van der Waals surface area contributed by atoms with Crippen LogP contribution in [0.5, 0.6) is 5.75 Å². The molecule has 0 aromatic heterocycles. The summed E-state index contributed by atoms with van der Waals surface area (Å²) in [5, 5.41) is 13.9. The number of carbonyl (C=O) groups excluding carboxylic acids is 2. The molecule has 172 valence electrons. The Morgan fingerprint density at radius 1 is 1.25 bits per heavy atom. The van der Waals surface area contributed by atoms with Crippen molar-refractivity contribution in [2.24, 2.45) is 5.41 Å². The van der Waals surface area contributed by atoms with Gasteiger partial charge in [-0.15, -0.1) is 4.99 Å². The molecular weight excluding hydrogens is 410 g/mol. The van der Waals surface area contributed by atoms with Crippen molar-refractivity contribution < 1.29 is 29.2 Å². The van der Waals surface area contributed by atoms with Gasteiger partial charge in [0, 0.05) is 30.1 Å². The molecule has 1 unspecified atom stereocenters. The summed E-state index contributed by atoms with van der Waals surface area (Å²) in [5.41, 5.74) is 1.76. The van der Waals surface area contributed by atoms with E-state index in [1.165, 1.54) is 6.42 Å². The van der Waals surface area contributed by atoms with Crippen LogP contribution in [0.1, 0.15) is 61.4 Å². The highest BCUT2D eigenvalue weighted by Gasteiger charge is 2.41. The lowest BCUT2D eigenvalue weighted by molar-refractivity contribution is -0.394. The highest BCUT2D eigenvalue weighted by atomic mass is 16.5. The lowest BCUT2D eigenvalue weighted by atomic mass is 9.86. The minimum Gasteiger partial charge on any atom is -0.489 e. The second kappa shape index (κ2) is 8.48. The van der Waals surface area contributed by atoms with Gasteiger partial charge >= 0.3 is 11.8 Å². The molecule has 3 aliphatic heterocycles. The predicted molar refractivity (Wildman–Crippen MR) is 117 cm³/mol. The predicted octanol–water partition coefficient (Wildman–Crippen LogP) is 0.685. The standard InChI is InChI=1S/C24H31N3O5/c1-24(13-31-14-24)12-25-18-4-2-3-5-20(18)32-16-6-7-17-15(10-16)11-27(23(17)30)19-8-9-21(28)26-22(19)29/h6-7,10,18-20,25H,2-5,8-9,11-14H2,1H3,(H,26,28,29)/p+1/t18-,19?,20-/m0/s1. The molecule has 3 atom stereocenters. The van der Waals surface area contributed by atoms with Crippen LogP contribution in [0.3, 0.4) is 0 Å². The number of fused-ring (bicyclic) bond motifs is 1. The first kappa shape index (κ1) is 21.4. The lowest BCUT2D eigenvalue weighted by Crippen LogP contribution is -2.82. The number of carbonyl (C=O) groups is 2. The van der Waals surface area contributed by atoms with E-state index in [2.05, 4.69) is 17.2 Å². The summed E-state index contributed by atoms with van der Waals surface area (Å²) in [6.45, 7) is 5.21. The largest absolute Gasteiger partial charge is 0.489 e. The number of hydrogen-bond acceptors (Lipinski definition) is 5. The summed E-state index contributed by atoms with van der Waals surface area (Å²) < 4.78 is 11.8. The van der Waals surface area contributed by atoms with Crippen molar-refractivity contribution in [1.82, 2.24) is 10.2 Å². The van der Waals surface area contributed by atoms with E-state index in [1.54, 1.807) is 4.90 Å². The van der Waals surface area contributed by atoms with Crippen molar-refractivity contribution in [3.63, 3.8) is 0 Å². The number of rotatable bonds is 6. The summed E-state index contributed by atoms with van der Waals surface area (Å²) >= 11 is 0. The average molecular weight is 443 g/mol. The molecule has 2 fully saturated rings. The Morgan fingerprint density at radius 3 is 2.81 bits per heavy atom. The Morgan fingerprint density at radius 2 is 2.06 bits per heavy atom. The highest BCUT2D eigenvalue weighted by Crippen LogP contribution is 2.32. The van der Waals surface area contributed by atoms with E-state index >= 15 is 0 Å². The van der Waals surface area contributed by atoms with Gasteiger partial charge in [0.05, 0.1) is 19.6 Å². The van der Waals surface area contributed by atoms with Gasteiger partial charge in [0.2, 0.25) is 0 Å². The molecule has 0 spiro atoms. The quantitative estimate of drug-likeness (QED) is 0.599. The summed E-state index contributed by atoms with van der Waals surface area (Å²) in [4.78, 5) is 28.5. The van der Waals surface area contributed by atoms with E-state index < -0.39 is 6.04 Å². The smallest absolute Gasteiger partial charge is 0.388 e. The molecule has 5 rings (SSSR count). The molecule has 8 nitrogen and oxygen atoms in total. The summed E-state index contributed by atoms with van der Waals surface area (Å²) in [5.74, 6) is 0.307. The third kappa shape index (κ3) is 4.13. The molecule has 1 saturated carbocycles. The number of aliphatic hydroxyl groups excluding tert-OH is 1. The van der Waals surface area contributed by atoms with Crippen molar-refractivity contribution in [2.45, 2.75) is 70.2 Å². The van der Waals surface area contributed by atoms with E-state index in [4.69, 9.17) is 9.47 Å². The molecule has 0 radical (unpaired) electrons. The zero-order valence-corrected chi connectivity index (χ0v) is 18.6. The SMILES string of the molecule is CC1(CN[C@H]2CCCC[C@@H]2Oc2ccc3c(c2)CN(C2CCC(=O)[NH+]=C2O)C3=O)COC1. The number of hydrogen-bond donors (Lipinski definition) is 3. The molecule has 1 aromatic carbocycles. The van der Waals surface area contributed by atoms with Gasteiger partial charge in [-0.2, -0.15) is 0 Å². The molecule has 8 heteroatoms. The molecular formula is C24H32N3O5+. The van der Waals surface area contributed by atoms with Crippen LogP contribution in [0.4, 0.5) is 0 Å². The van der Waals surface area contributed by atoms with Crippen LogP contribution in [0.15, 0.2) is 18.2 Å². The Bertz CT molecular complexity index is 942. The first-order chi connectivity index (χ1) is 15.4. The lowest BCUT2D eigenvalue weighted by Gasteiger charge is -2.41. The first-order valence-electron chi connectivity index (χ1n) is 11.7. The van der Waals surface area contributed by atoms with Crippen LogP contribution >= 0.6 is 0 Å². The molecule has 1 saturated heterocycles. The van der Waals surface area contributed by atoms with E-state index in [0.717, 1.165) is 50.3 Å². The van der Waals surface area contributed by atoms with Crippen molar-refractivity contribution in [2.75, 3.05) is 19.8 Å². The van der Waals surface area contributed by atoms with Gasteiger partial charge in [-0.3, -0.25) is 4.79 Å². The number of nitrogens with one attached hydrogen (secondary N) is 2. The first-order valence-corrected chi connectivity index (χ1v) is 11.7. The third-order valence-corrected chi connectivity index (χ3v) is 7.19. The maximum Gasteiger partial charge on any atom is 0.388 e. The Labute approximate surface area is 188 Å². The maximum absolute atomic E-state index is 12.9. The normalized spacial score (nSPS) is 29.3. The van der Waals surface area contributed by atoms with Gasteiger partial charge in [-0.1, -0.05) is 13.3 Å². The Hall–Kier alpha value is -2.45. The minimum absolute atomic E-state index is 0.102. The van der Waals surface area contributed by atoms with Crippen LogP contribution in [0, 0.1) is 5.41 Å². The van der Waals surface area contributed by atoms with Crippen LogP contribution < -0.4 is 15.0 Å². The Kier molecular flexibility index (Phi) is 5.67. The van der Waals surface area contributed by atoms with E-state index in [0.29, 0.717) is 31.0 Å². The highest BCUT2D eigenvalue weighted by molar-refractivity contribution is 6.01. The second-order valence-electron chi connectivity index (χ2n) is 9.97.